The molecule has 0 amide bonds. The van der Waals surface area contributed by atoms with Gasteiger partial charge in [0.2, 0.25) is 0 Å². The van der Waals surface area contributed by atoms with E-state index in [1.54, 1.807) is 22.8 Å². The molecule has 0 atom stereocenters. The lowest BCUT2D eigenvalue weighted by molar-refractivity contribution is 0.590. The molecule has 20 aromatic rings. The van der Waals surface area contributed by atoms with Gasteiger partial charge in [-0.05, 0) is 198 Å². The molecule has 4 aromatic heterocycles. The Bertz CT molecular complexity index is 8680. The topological polar surface area (TPSA) is 26.2 Å². The lowest BCUT2D eigenvalue weighted by Crippen LogP contribution is -2.61. The summed E-state index contributed by atoms with van der Waals surface area (Å²) in [7, 11) is 0. The van der Waals surface area contributed by atoms with E-state index in [1.807, 2.05) is 102 Å². The quantitative estimate of drug-likeness (QED) is 0.135. The number of hydrogen-bond donors (Lipinski definition) is 0. The maximum absolute atomic E-state index is 10.4. The van der Waals surface area contributed by atoms with Gasteiger partial charge in [-0.1, -0.05) is 313 Å². The van der Waals surface area contributed by atoms with Crippen LogP contribution < -0.4 is 26.2 Å². The highest BCUT2D eigenvalue weighted by atomic mass is 15.2. The van der Waals surface area contributed by atoms with Crippen molar-refractivity contribution >= 4 is 144 Å². The van der Waals surface area contributed by atoms with Gasteiger partial charge in [0.25, 0.3) is 6.71 Å². The van der Waals surface area contributed by atoms with E-state index in [0.29, 0.717) is 72.5 Å². The number of rotatable bonds is 9. The largest absolute Gasteiger partial charge is 0.310 e. The number of para-hydroxylation sites is 7. The van der Waals surface area contributed by atoms with Gasteiger partial charge in [-0.3, -0.25) is 0 Å². The molecule has 0 spiro atoms. The van der Waals surface area contributed by atoms with E-state index in [1.165, 1.54) is 4.57 Å². The number of anilines is 6. The third-order valence-corrected chi connectivity index (χ3v) is 24.5. The monoisotopic (exact) mass is 1550 g/mol. The molecule has 0 bridgehead atoms. The molecule has 0 N–H and O–H groups in total. The fraction of sp³-hybridized carbons (Fsp3) is 0.143. The number of aromatic nitrogens is 4. The highest BCUT2D eigenvalue weighted by molar-refractivity contribution is 7.00. The Morgan fingerprint density at radius 1 is 0.244 bits per heavy atom. The Balaban J connectivity index is 0.982. The zero-order valence-corrected chi connectivity index (χ0v) is 68.0. The molecule has 0 radical (unpaired) electrons. The summed E-state index contributed by atoms with van der Waals surface area (Å²) in [5, 5.41) is 2.55. The average Bonchev–Trinajstić information content (AvgIpc) is 0.991. The summed E-state index contributed by atoms with van der Waals surface area (Å²) >= 11 is 0. The van der Waals surface area contributed by atoms with E-state index in [2.05, 4.69) is 201 Å². The van der Waals surface area contributed by atoms with Crippen LogP contribution in [0.3, 0.4) is 0 Å². The van der Waals surface area contributed by atoms with Gasteiger partial charge in [0.05, 0.1) is 95.7 Å². The number of fused-ring (bicyclic) bond motifs is 16. The maximum atomic E-state index is 10.4. The Hall–Kier alpha value is -13.6. The molecule has 119 heavy (non-hydrogen) atoms. The highest BCUT2D eigenvalue weighted by Crippen LogP contribution is 2.55. The molecular weight excluding hydrogens is 1440 g/mol. The van der Waals surface area contributed by atoms with E-state index in [0.717, 1.165) is 77.5 Å². The molecule has 16 aromatic carbocycles. The number of hydrogen-bond acceptors (Lipinski definition) is 2. The molecule has 574 valence electrons. The first-order valence-corrected chi connectivity index (χ1v) is 40.5. The summed E-state index contributed by atoms with van der Waals surface area (Å²) < 4.78 is 210. The van der Waals surface area contributed by atoms with Crippen LogP contribution in [0, 0.1) is 0 Å². The Kier molecular flexibility index (Phi) is 11.7. The molecule has 0 unspecified atom stereocenters. The number of benzene rings is 16. The summed E-state index contributed by atoms with van der Waals surface area (Å²) in [5.41, 5.74) is 15.1. The molecule has 22 rings (SSSR count). The van der Waals surface area contributed by atoms with Crippen LogP contribution in [-0.4, -0.2) is 25.0 Å². The van der Waals surface area contributed by atoms with Crippen LogP contribution >= 0.6 is 0 Å². The molecule has 2 aliphatic rings. The second kappa shape index (κ2) is 26.4. The Labute approximate surface area is 726 Å². The van der Waals surface area contributed by atoms with Crippen LogP contribution in [-0.2, 0) is 21.7 Å². The fourth-order valence-electron chi connectivity index (χ4n) is 18.6. The lowest BCUT2D eigenvalue weighted by atomic mass is 9.33. The molecule has 0 saturated heterocycles. The smallest absolute Gasteiger partial charge is 0.252 e. The Morgan fingerprint density at radius 2 is 0.672 bits per heavy atom. The second-order valence-corrected chi connectivity index (χ2v) is 35.8. The average molecular weight is 1550 g/mol. The SMILES string of the molecule is [2H]c1c([2H])c([2H])c(-c2ccc3c(c2)N(c2cccc4c5cccc(-n6c7c([2H])c([2H])c([2H])c([2H])c7c7c([2H])c([2H])c([2H])c([2H])c76)c5n(-c5ccccc5)c24)c2cc(-n4c5c([2H])c([2H])c([2H])c([2H])c5c5c([2H])c([2H])c([2H])c([2H])c54)cc4c2B3c2ccc(-n3c5ccc(C(C)(C)C)cc5c5cc(C(C)(C)C)ccc53)cc2N4c2c(-c3ccccc3)cc(C(C)(C)C)cc2-c2ccc(C(C)(C)C)cc2)c([2H])c1[2H]. The first-order chi connectivity index (χ1) is 66.3. The van der Waals surface area contributed by atoms with E-state index in [4.69, 9.17) is 4.11 Å². The van der Waals surface area contributed by atoms with Gasteiger partial charge in [-0.25, -0.2) is 0 Å². The van der Waals surface area contributed by atoms with Crippen molar-refractivity contribution in [3.05, 3.63) is 368 Å². The minimum atomic E-state index is -0.909. The maximum Gasteiger partial charge on any atom is 0.252 e. The zero-order chi connectivity index (χ0) is 99.1. The van der Waals surface area contributed by atoms with Crippen molar-refractivity contribution in [1.82, 2.24) is 18.3 Å². The molecule has 2 aliphatic heterocycles. The van der Waals surface area contributed by atoms with E-state index < -0.39 is 139 Å². The van der Waals surface area contributed by atoms with Crippen molar-refractivity contribution in [2.75, 3.05) is 9.80 Å². The summed E-state index contributed by atoms with van der Waals surface area (Å²) in [6.45, 7) is 25.5. The fourth-order valence-corrected chi connectivity index (χ4v) is 18.6. The molecule has 0 aliphatic carbocycles. The van der Waals surface area contributed by atoms with Crippen LogP contribution in [0.4, 0.5) is 34.1 Å². The molecule has 6 heterocycles. The summed E-state index contributed by atoms with van der Waals surface area (Å²) in [6.07, 6.45) is 0. The third-order valence-electron chi connectivity index (χ3n) is 24.5. The first kappa shape index (κ1) is 52.9. The van der Waals surface area contributed by atoms with Crippen LogP contribution in [0.25, 0.3) is 143 Å². The van der Waals surface area contributed by atoms with Gasteiger partial charge < -0.3 is 28.1 Å². The van der Waals surface area contributed by atoms with Crippen LogP contribution in [0.1, 0.15) is 134 Å². The molecular formula is C112H93BN6. The first-order valence-electron chi connectivity index (χ1n) is 51.0. The Morgan fingerprint density at radius 3 is 1.21 bits per heavy atom. The van der Waals surface area contributed by atoms with Crippen molar-refractivity contribution in [2.24, 2.45) is 0 Å². The summed E-state index contributed by atoms with van der Waals surface area (Å²) in [5.74, 6) is 0. The van der Waals surface area contributed by atoms with Crippen molar-refractivity contribution in [3.63, 3.8) is 0 Å². The zero-order valence-electron chi connectivity index (χ0n) is 89.0. The predicted molar refractivity (Wildman–Crippen MR) is 509 cm³/mol. The van der Waals surface area contributed by atoms with Crippen molar-refractivity contribution < 1.29 is 28.8 Å². The minimum absolute atomic E-state index is 0.124. The molecule has 0 saturated carbocycles. The van der Waals surface area contributed by atoms with Crippen LogP contribution in [0.2, 0.25) is 0 Å². The van der Waals surface area contributed by atoms with Crippen LogP contribution in [0.15, 0.2) is 345 Å². The molecule has 7 heteroatoms. The van der Waals surface area contributed by atoms with Gasteiger partial charge in [0.1, 0.15) is 0 Å². The lowest BCUT2D eigenvalue weighted by Gasteiger charge is -2.45. The van der Waals surface area contributed by atoms with Crippen molar-refractivity contribution in [1.29, 1.82) is 0 Å². The predicted octanol–water partition coefficient (Wildman–Crippen LogP) is 28.3. The van der Waals surface area contributed by atoms with Crippen molar-refractivity contribution in [3.8, 4) is 56.1 Å². The van der Waals surface area contributed by atoms with Gasteiger partial charge in [-0.15, -0.1) is 0 Å². The van der Waals surface area contributed by atoms with Crippen molar-refractivity contribution in [2.45, 2.75) is 105 Å². The third kappa shape index (κ3) is 11.2. The van der Waals surface area contributed by atoms with Gasteiger partial charge in [0.15, 0.2) is 0 Å². The van der Waals surface area contributed by atoms with E-state index in [-0.39, 0.29) is 82.4 Å². The van der Waals surface area contributed by atoms with E-state index >= 15 is 0 Å². The molecule has 6 nitrogen and oxygen atoms in total. The number of nitrogens with zero attached hydrogens (tertiary/aromatic N) is 6. The summed E-state index contributed by atoms with van der Waals surface area (Å²) in [4.78, 5) is 4.37. The highest BCUT2D eigenvalue weighted by Gasteiger charge is 2.46. The van der Waals surface area contributed by atoms with E-state index in [9.17, 15) is 24.7 Å². The second-order valence-electron chi connectivity index (χ2n) is 35.8. The van der Waals surface area contributed by atoms with Crippen LogP contribution in [0.5, 0.6) is 0 Å². The normalized spacial score (nSPS) is 15.6. The van der Waals surface area contributed by atoms with Gasteiger partial charge >= 0.3 is 0 Å². The summed E-state index contributed by atoms with van der Waals surface area (Å²) in [6, 6.07) is 61.4. The van der Waals surface area contributed by atoms with Gasteiger partial charge in [0, 0.05) is 88.3 Å². The minimum Gasteiger partial charge on any atom is -0.310 e. The molecule has 0 fully saturated rings. The van der Waals surface area contributed by atoms with Gasteiger partial charge in [-0.2, -0.15) is 0 Å². The standard InChI is InChI=1S/C112H93BN6/c1-109(2,3)74-53-50-72(51-54-74)88-66-77(112(10,11)12)65-87(71-34-18-14-19-35-71)106(88)119-102-67-79(114-97-60-55-75(110(4,5)6)63-89(97)90-64-76(111(7,8)9)56-61-98(90)114)57-59-92(102)113-91-58-52-73(70-32-16-13-17-33-70)62-101(91)118(103-68-80(69-104(119)105(103)113)115-93-44-26-22-38-81(93)82-39-23-27-45-94(82)115)100-49-31-43-86-85-42-30-48-99(107(85)116(108(86)100)78-36-20-15-21-37-78)117-95-46-28-24-40-83(95)84-41-25-29-47-96(84)117/h13-69H,1-12H3/i13D,16D,17D,22D,23D,24D,25D,26D,27D,28D,29D,32D,33D,38D,39D,40D,41D,44D,45D,46D,47D.